The van der Waals surface area contributed by atoms with Crippen molar-refractivity contribution in [3.8, 4) is 11.5 Å². The smallest absolute Gasteiger partial charge is 0.180 e. The fraction of sp³-hybridized carbons (Fsp3) is 0.429. The van der Waals surface area contributed by atoms with Crippen LogP contribution in [0.4, 0.5) is 0 Å². The maximum atomic E-state index is 6.46. The molecule has 3 rings (SSSR count). The lowest BCUT2D eigenvalue weighted by Crippen LogP contribution is -2.40. The Balaban J connectivity index is 1.53. The van der Waals surface area contributed by atoms with Crippen molar-refractivity contribution in [1.29, 1.82) is 0 Å². The Morgan fingerprint density at radius 2 is 1.89 bits per heavy atom. The highest BCUT2D eigenvalue weighted by molar-refractivity contribution is 6.32. The molecule has 27 heavy (non-hydrogen) atoms. The summed E-state index contributed by atoms with van der Waals surface area (Å²) >= 11 is 6.46. The summed E-state index contributed by atoms with van der Waals surface area (Å²) in [6.45, 7) is 6.81. The molecule has 1 saturated heterocycles. The van der Waals surface area contributed by atoms with Crippen LogP contribution in [-0.2, 0) is 17.9 Å². The van der Waals surface area contributed by atoms with E-state index in [0.29, 0.717) is 23.1 Å². The van der Waals surface area contributed by atoms with Gasteiger partial charge in [0.15, 0.2) is 11.5 Å². The first-order valence-corrected chi connectivity index (χ1v) is 9.68. The second-order valence-corrected chi connectivity index (χ2v) is 6.92. The number of rotatable bonds is 9. The van der Waals surface area contributed by atoms with Crippen LogP contribution >= 0.6 is 11.6 Å². The minimum absolute atomic E-state index is 0.452. The van der Waals surface area contributed by atoms with Crippen LogP contribution in [0.2, 0.25) is 5.02 Å². The molecule has 146 valence electrons. The van der Waals surface area contributed by atoms with E-state index in [0.717, 1.165) is 57.1 Å². The van der Waals surface area contributed by atoms with Gasteiger partial charge in [-0.15, -0.1) is 0 Å². The zero-order valence-electron chi connectivity index (χ0n) is 15.7. The fourth-order valence-corrected chi connectivity index (χ4v) is 3.33. The summed E-state index contributed by atoms with van der Waals surface area (Å²) in [4.78, 5) is 2.41. The molecule has 5 nitrogen and oxygen atoms in total. The van der Waals surface area contributed by atoms with Gasteiger partial charge in [-0.2, -0.15) is 0 Å². The molecule has 6 heteroatoms. The lowest BCUT2D eigenvalue weighted by molar-refractivity contribution is 0.0384. The van der Waals surface area contributed by atoms with E-state index >= 15 is 0 Å². The van der Waals surface area contributed by atoms with Crippen LogP contribution in [-0.4, -0.2) is 51.4 Å². The SMILES string of the molecule is COc1cc(CNCCN2CCOCC2)cc(Cl)c1OCc1ccccc1. The van der Waals surface area contributed by atoms with Crippen molar-refractivity contribution in [3.05, 3.63) is 58.6 Å². The van der Waals surface area contributed by atoms with Crippen LogP contribution in [0.3, 0.4) is 0 Å². The third-order valence-corrected chi connectivity index (χ3v) is 4.83. The molecule has 1 fully saturated rings. The molecule has 1 aliphatic heterocycles. The average Bonchev–Trinajstić information content (AvgIpc) is 2.71. The third kappa shape index (κ3) is 6.11. The van der Waals surface area contributed by atoms with E-state index in [4.69, 9.17) is 25.8 Å². The number of benzene rings is 2. The van der Waals surface area contributed by atoms with E-state index in [1.807, 2.05) is 42.5 Å². The second kappa shape index (κ2) is 10.5. The zero-order valence-corrected chi connectivity index (χ0v) is 16.5. The van der Waals surface area contributed by atoms with Crippen molar-refractivity contribution >= 4 is 11.6 Å². The van der Waals surface area contributed by atoms with Crippen LogP contribution < -0.4 is 14.8 Å². The maximum Gasteiger partial charge on any atom is 0.180 e. The number of methoxy groups -OCH3 is 1. The molecule has 0 saturated carbocycles. The highest BCUT2D eigenvalue weighted by atomic mass is 35.5. The van der Waals surface area contributed by atoms with Crippen LogP contribution in [0.15, 0.2) is 42.5 Å². The lowest BCUT2D eigenvalue weighted by Gasteiger charge is -2.26. The molecule has 0 aromatic heterocycles. The zero-order chi connectivity index (χ0) is 18.9. The van der Waals surface area contributed by atoms with E-state index < -0.39 is 0 Å². The molecule has 0 spiro atoms. The molecular weight excluding hydrogens is 364 g/mol. The highest BCUT2D eigenvalue weighted by Crippen LogP contribution is 2.37. The third-order valence-electron chi connectivity index (χ3n) is 4.55. The Labute approximate surface area is 166 Å². The maximum absolute atomic E-state index is 6.46. The molecule has 0 radical (unpaired) electrons. The van der Waals surface area contributed by atoms with Crippen LogP contribution in [0, 0.1) is 0 Å². The van der Waals surface area contributed by atoms with Crippen molar-refractivity contribution in [3.63, 3.8) is 0 Å². The lowest BCUT2D eigenvalue weighted by atomic mass is 10.2. The van der Waals surface area contributed by atoms with Crippen LogP contribution in [0.1, 0.15) is 11.1 Å². The van der Waals surface area contributed by atoms with E-state index in [1.54, 1.807) is 7.11 Å². The van der Waals surface area contributed by atoms with E-state index in [9.17, 15) is 0 Å². The standard InChI is InChI=1S/C21H27ClN2O3/c1-25-20-14-18(15-23-7-8-24-9-11-26-12-10-24)13-19(22)21(20)27-16-17-5-3-2-4-6-17/h2-6,13-14,23H,7-12,15-16H2,1H3. The topological polar surface area (TPSA) is 43.0 Å². The first-order valence-electron chi connectivity index (χ1n) is 9.30. The van der Waals surface area contributed by atoms with E-state index in [2.05, 4.69) is 10.2 Å². The van der Waals surface area contributed by atoms with E-state index in [1.165, 1.54) is 0 Å². The molecule has 2 aromatic rings. The Morgan fingerprint density at radius 3 is 2.63 bits per heavy atom. The molecule has 2 aromatic carbocycles. The summed E-state index contributed by atoms with van der Waals surface area (Å²) in [5.41, 5.74) is 2.16. The van der Waals surface area contributed by atoms with Gasteiger partial charge in [-0.25, -0.2) is 0 Å². The molecule has 0 atom stereocenters. The van der Waals surface area contributed by atoms with Gasteiger partial charge in [0.2, 0.25) is 0 Å². The minimum Gasteiger partial charge on any atom is -0.493 e. The number of nitrogens with one attached hydrogen (secondary N) is 1. The van der Waals surface area contributed by atoms with Gasteiger partial charge in [-0.3, -0.25) is 4.90 Å². The van der Waals surface area contributed by atoms with Crippen molar-refractivity contribution in [1.82, 2.24) is 10.2 Å². The second-order valence-electron chi connectivity index (χ2n) is 6.51. The predicted molar refractivity (Wildman–Crippen MR) is 108 cm³/mol. The highest BCUT2D eigenvalue weighted by Gasteiger charge is 2.13. The largest absolute Gasteiger partial charge is 0.493 e. The molecule has 0 aliphatic carbocycles. The van der Waals surface area contributed by atoms with Crippen molar-refractivity contribution < 1.29 is 14.2 Å². The summed E-state index contributed by atoms with van der Waals surface area (Å²) < 4.78 is 16.8. The Morgan fingerprint density at radius 1 is 1.11 bits per heavy atom. The van der Waals surface area contributed by atoms with Crippen molar-refractivity contribution in [2.75, 3.05) is 46.5 Å². The number of hydrogen-bond donors (Lipinski definition) is 1. The fourth-order valence-electron chi connectivity index (χ4n) is 3.04. The molecule has 0 amide bonds. The molecular formula is C21H27ClN2O3. The van der Waals surface area contributed by atoms with E-state index in [-0.39, 0.29) is 0 Å². The summed E-state index contributed by atoms with van der Waals surface area (Å²) in [5.74, 6) is 1.24. The molecule has 0 bridgehead atoms. The van der Waals surface area contributed by atoms with Crippen molar-refractivity contribution in [2.45, 2.75) is 13.2 Å². The van der Waals surface area contributed by atoms with Gasteiger partial charge in [0.25, 0.3) is 0 Å². The predicted octanol–water partition coefficient (Wildman–Crippen LogP) is 3.35. The summed E-state index contributed by atoms with van der Waals surface area (Å²) in [6, 6.07) is 13.9. The molecule has 1 N–H and O–H groups in total. The molecule has 1 heterocycles. The monoisotopic (exact) mass is 390 g/mol. The van der Waals surface area contributed by atoms with Gasteiger partial charge in [-0.05, 0) is 23.3 Å². The van der Waals surface area contributed by atoms with Crippen LogP contribution in [0.25, 0.3) is 0 Å². The average molecular weight is 391 g/mol. The van der Waals surface area contributed by atoms with Crippen LogP contribution in [0.5, 0.6) is 11.5 Å². The molecule has 1 aliphatic rings. The number of morpholine rings is 1. The number of ether oxygens (including phenoxy) is 3. The van der Waals surface area contributed by atoms with Crippen molar-refractivity contribution in [2.24, 2.45) is 0 Å². The summed E-state index contributed by atoms with van der Waals surface area (Å²) in [5, 5.41) is 4.03. The minimum atomic E-state index is 0.452. The summed E-state index contributed by atoms with van der Waals surface area (Å²) in [7, 11) is 1.64. The Kier molecular flexibility index (Phi) is 7.78. The van der Waals surface area contributed by atoms with Gasteiger partial charge >= 0.3 is 0 Å². The van der Waals surface area contributed by atoms with Gasteiger partial charge < -0.3 is 19.5 Å². The van der Waals surface area contributed by atoms with Gasteiger partial charge in [-0.1, -0.05) is 41.9 Å². The summed E-state index contributed by atoms with van der Waals surface area (Å²) in [6.07, 6.45) is 0. The number of halogens is 1. The molecule has 0 unspecified atom stereocenters. The number of hydrogen-bond acceptors (Lipinski definition) is 5. The first kappa shape index (κ1) is 20.0. The normalized spacial score (nSPS) is 14.9. The van der Waals surface area contributed by atoms with Gasteiger partial charge in [0.05, 0.1) is 25.3 Å². The Bertz CT molecular complexity index is 706. The number of nitrogens with zero attached hydrogens (tertiary/aromatic N) is 1. The first-order chi connectivity index (χ1) is 13.3. The van der Waals surface area contributed by atoms with Gasteiger partial charge in [0, 0.05) is 32.7 Å². The van der Waals surface area contributed by atoms with Gasteiger partial charge in [0.1, 0.15) is 6.61 Å². The Hall–Kier alpha value is -1.79. The quantitative estimate of drug-likeness (QED) is 0.665.